The van der Waals surface area contributed by atoms with Gasteiger partial charge in [0.15, 0.2) is 11.1 Å². The first-order valence-corrected chi connectivity index (χ1v) is 8.85. The number of nitrogens with two attached hydrogens (primary N) is 1. The summed E-state index contributed by atoms with van der Waals surface area (Å²) in [6, 6.07) is 0. The molecule has 1 unspecified atom stereocenters. The van der Waals surface area contributed by atoms with E-state index in [0.29, 0.717) is 5.13 Å². The van der Waals surface area contributed by atoms with Crippen LogP contribution in [0.15, 0.2) is 0 Å². The molecule has 2 heterocycles. The van der Waals surface area contributed by atoms with Crippen molar-refractivity contribution in [2.24, 2.45) is 5.73 Å². The summed E-state index contributed by atoms with van der Waals surface area (Å²) >= 11 is 1.52. The van der Waals surface area contributed by atoms with Crippen LogP contribution in [0.2, 0.25) is 0 Å². The van der Waals surface area contributed by atoms with E-state index in [1.165, 1.54) is 22.6 Å². The van der Waals surface area contributed by atoms with E-state index in [1.807, 2.05) is 4.90 Å². The maximum Gasteiger partial charge on any atom is 0.290 e. The second-order valence-corrected chi connectivity index (χ2v) is 6.89. The molecule has 0 radical (unpaired) electrons. The van der Waals surface area contributed by atoms with E-state index in [1.54, 1.807) is 0 Å². The first-order valence-electron chi connectivity index (χ1n) is 8.04. The molecule has 8 nitrogen and oxygen atoms in total. The second kappa shape index (κ2) is 8.62. The van der Waals surface area contributed by atoms with Gasteiger partial charge in [0.25, 0.3) is 6.47 Å². The number of carboxylic acid groups (broad SMARTS) is 1. The molecule has 9 heteroatoms. The predicted molar refractivity (Wildman–Crippen MR) is 92.5 cm³/mol. The third kappa shape index (κ3) is 4.44. The minimum atomic E-state index is -0.250. The van der Waals surface area contributed by atoms with Crippen LogP contribution in [-0.4, -0.2) is 46.4 Å². The van der Waals surface area contributed by atoms with Crippen LogP contribution in [0.4, 0.5) is 5.13 Å². The van der Waals surface area contributed by atoms with Crippen molar-refractivity contribution in [3.63, 3.8) is 0 Å². The Kier molecular flexibility index (Phi) is 6.53. The summed E-state index contributed by atoms with van der Waals surface area (Å²) in [5.74, 6) is 0.0148. The Hall–Kier alpha value is -2.16. The number of hydrogen-bond acceptors (Lipinski definition) is 5. The minimum Gasteiger partial charge on any atom is -0.483 e. The summed E-state index contributed by atoms with van der Waals surface area (Å²) in [5.41, 5.74) is 6.27. The van der Waals surface area contributed by atoms with E-state index < -0.39 is 0 Å². The molecule has 1 aliphatic heterocycles. The number of fused-ring (bicyclic) bond motifs is 1. The topological polar surface area (TPSA) is 132 Å². The Balaban J connectivity index is 0.000000647. The number of guanidine groups is 1. The summed E-state index contributed by atoms with van der Waals surface area (Å²) in [7, 11) is 0. The lowest BCUT2D eigenvalue weighted by Crippen LogP contribution is -2.39. The normalized spacial score (nSPS) is 19.5. The highest BCUT2D eigenvalue weighted by molar-refractivity contribution is 7.15. The number of aryl methyl sites for hydroxylation is 1. The number of aromatic nitrogens is 1. The number of rotatable bonds is 2. The zero-order valence-corrected chi connectivity index (χ0v) is 14.3. The van der Waals surface area contributed by atoms with Gasteiger partial charge in [0.2, 0.25) is 5.91 Å². The van der Waals surface area contributed by atoms with Crippen LogP contribution in [0.25, 0.3) is 0 Å². The molecule has 3 rings (SSSR count). The average Bonchev–Trinajstić information content (AvgIpc) is 2.97. The maximum absolute atomic E-state index is 12.8. The SMILES string of the molecule is N=C(N)Nc1nc2c(s1)CCCC2C(=O)N1CCCCC1.O=CO. The Morgan fingerprint density at radius 2 is 2.04 bits per heavy atom. The summed E-state index contributed by atoms with van der Waals surface area (Å²) in [5, 5.41) is 17.6. The van der Waals surface area contributed by atoms with Crippen molar-refractivity contribution in [3.8, 4) is 0 Å². The van der Waals surface area contributed by atoms with Crippen molar-refractivity contribution < 1.29 is 14.7 Å². The number of carbonyl (C=O) groups is 2. The molecule has 0 spiro atoms. The van der Waals surface area contributed by atoms with Crippen LogP contribution in [0.5, 0.6) is 0 Å². The van der Waals surface area contributed by atoms with E-state index in [0.717, 1.165) is 50.9 Å². The van der Waals surface area contributed by atoms with Gasteiger partial charge >= 0.3 is 0 Å². The van der Waals surface area contributed by atoms with Gasteiger partial charge in [-0.3, -0.25) is 15.0 Å². The molecule has 0 saturated carbocycles. The lowest BCUT2D eigenvalue weighted by Gasteiger charge is -2.31. The van der Waals surface area contributed by atoms with Crippen LogP contribution in [0.1, 0.15) is 48.6 Å². The van der Waals surface area contributed by atoms with Gasteiger partial charge < -0.3 is 21.1 Å². The van der Waals surface area contributed by atoms with E-state index in [2.05, 4.69) is 10.3 Å². The second-order valence-electron chi connectivity index (χ2n) is 5.80. The number of thiazole rings is 1. The molecule has 1 aromatic rings. The van der Waals surface area contributed by atoms with Gasteiger partial charge in [0.1, 0.15) is 0 Å². The Morgan fingerprint density at radius 3 is 2.67 bits per heavy atom. The highest BCUT2D eigenvalue weighted by Gasteiger charge is 2.33. The Morgan fingerprint density at radius 1 is 1.38 bits per heavy atom. The third-order valence-corrected chi connectivity index (χ3v) is 5.21. The van der Waals surface area contributed by atoms with Gasteiger partial charge in [0.05, 0.1) is 11.6 Å². The lowest BCUT2D eigenvalue weighted by molar-refractivity contribution is -0.134. The lowest BCUT2D eigenvalue weighted by atomic mass is 9.89. The molecule has 1 fully saturated rings. The summed E-state index contributed by atoms with van der Waals surface area (Å²) < 4.78 is 0. The van der Waals surface area contributed by atoms with E-state index in [4.69, 9.17) is 21.0 Å². The van der Waals surface area contributed by atoms with Gasteiger partial charge in [-0.15, -0.1) is 11.3 Å². The highest BCUT2D eigenvalue weighted by Crippen LogP contribution is 2.37. The molecule has 1 atom stereocenters. The fourth-order valence-electron chi connectivity index (χ4n) is 3.16. The first-order chi connectivity index (χ1) is 11.6. The molecule has 0 bridgehead atoms. The Labute approximate surface area is 144 Å². The van der Waals surface area contributed by atoms with Crippen LogP contribution < -0.4 is 11.1 Å². The van der Waals surface area contributed by atoms with Gasteiger partial charge in [-0.05, 0) is 38.5 Å². The smallest absolute Gasteiger partial charge is 0.290 e. The zero-order chi connectivity index (χ0) is 17.5. The van der Waals surface area contributed by atoms with E-state index in [-0.39, 0.29) is 24.3 Å². The summed E-state index contributed by atoms with van der Waals surface area (Å²) in [4.78, 5) is 28.8. The maximum atomic E-state index is 12.8. The van der Waals surface area contributed by atoms with Crippen molar-refractivity contribution >= 4 is 34.8 Å². The molecule has 132 valence electrons. The predicted octanol–water partition coefficient (Wildman–Crippen LogP) is 1.58. The summed E-state index contributed by atoms with van der Waals surface area (Å²) in [6.45, 7) is 1.51. The number of carbonyl (C=O) groups excluding carboxylic acids is 1. The van der Waals surface area contributed by atoms with Crippen LogP contribution >= 0.6 is 11.3 Å². The molecule has 0 aromatic carbocycles. The number of piperidine rings is 1. The molecule has 1 amide bonds. The molecule has 1 saturated heterocycles. The molecule has 5 N–H and O–H groups in total. The van der Waals surface area contributed by atoms with Crippen molar-refractivity contribution in [2.75, 3.05) is 18.4 Å². The third-order valence-electron chi connectivity index (χ3n) is 4.16. The number of anilines is 1. The molecule has 1 aromatic heterocycles. The molecule has 2 aliphatic rings. The van der Waals surface area contributed by atoms with Crippen LogP contribution in [-0.2, 0) is 16.0 Å². The number of hydrogen-bond donors (Lipinski definition) is 4. The van der Waals surface area contributed by atoms with Crippen molar-refractivity contribution in [1.29, 1.82) is 5.41 Å². The minimum absolute atomic E-state index is 0.106. The van der Waals surface area contributed by atoms with Gasteiger partial charge in [0, 0.05) is 18.0 Å². The van der Waals surface area contributed by atoms with Crippen LogP contribution in [0, 0.1) is 5.41 Å². The van der Waals surface area contributed by atoms with E-state index in [9.17, 15) is 4.79 Å². The van der Waals surface area contributed by atoms with Crippen molar-refractivity contribution in [1.82, 2.24) is 9.88 Å². The largest absolute Gasteiger partial charge is 0.483 e. The molecular formula is C15H23N5O3S. The van der Waals surface area contributed by atoms with E-state index >= 15 is 0 Å². The quantitative estimate of drug-likeness (QED) is 0.362. The van der Waals surface area contributed by atoms with Gasteiger partial charge in [-0.25, -0.2) is 4.98 Å². The van der Waals surface area contributed by atoms with Crippen molar-refractivity contribution in [2.45, 2.75) is 44.4 Å². The standard InChI is InChI=1S/C14H21N5OS.CH2O2/c15-13(16)18-14-17-11-9(5-4-6-10(11)21-14)12(20)19-7-2-1-3-8-19;2-1-3/h9H,1-8H2,(H4,15,16,17,18);1H,(H,2,3). The Bertz CT molecular complexity index is 598. The molecule has 24 heavy (non-hydrogen) atoms. The summed E-state index contributed by atoms with van der Waals surface area (Å²) in [6.07, 6.45) is 6.32. The fraction of sp³-hybridized carbons (Fsp3) is 0.600. The molecular weight excluding hydrogens is 330 g/mol. The van der Waals surface area contributed by atoms with Crippen LogP contribution in [0.3, 0.4) is 0 Å². The number of nitrogens with zero attached hydrogens (tertiary/aromatic N) is 2. The zero-order valence-electron chi connectivity index (χ0n) is 13.5. The van der Waals surface area contributed by atoms with Crippen molar-refractivity contribution in [3.05, 3.63) is 10.6 Å². The molecule has 1 aliphatic carbocycles. The van der Waals surface area contributed by atoms with Gasteiger partial charge in [-0.2, -0.15) is 0 Å². The average molecular weight is 353 g/mol. The number of likely N-dealkylation sites (tertiary alicyclic amines) is 1. The van der Waals surface area contributed by atoms with Gasteiger partial charge in [-0.1, -0.05) is 0 Å². The fourth-order valence-corrected chi connectivity index (χ4v) is 4.24. The number of nitrogens with one attached hydrogen (secondary N) is 2. The number of amides is 1. The first kappa shape index (κ1) is 18.2. The highest BCUT2D eigenvalue weighted by atomic mass is 32.1. The monoisotopic (exact) mass is 353 g/mol.